The van der Waals surface area contributed by atoms with Gasteiger partial charge in [0.05, 0.1) is 4.90 Å². The summed E-state index contributed by atoms with van der Waals surface area (Å²) in [5.74, 6) is 0.104. The number of nitrogens with zero attached hydrogens (tertiary/aromatic N) is 1. The van der Waals surface area contributed by atoms with Gasteiger partial charge in [0.15, 0.2) is 0 Å². The minimum atomic E-state index is -3.62. The lowest BCUT2D eigenvalue weighted by atomic mass is 9.96. The van der Waals surface area contributed by atoms with Gasteiger partial charge in [-0.2, -0.15) is 0 Å². The van der Waals surface area contributed by atoms with Crippen LogP contribution in [0.25, 0.3) is 0 Å². The molecule has 4 rings (SSSR count). The number of nitrogens with one attached hydrogen (secondary N) is 2. The number of carbonyl (C=O) groups is 1. The second kappa shape index (κ2) is 8.22. The van der Waals surface area contributed by atoms with E-state index in [0.717, 1.165) is 25.7 Å². The van der Waals surface area contributed by atoms with Gasteiger partial charge in [-0.3, -0.25) is 14.5 Å². The monoisotopic (exact) mass is 425 g/mol. The Morgan fingerprint density at radius 1 is 1.13 bits per heavy atom. The second-order valence-electron chi connectivity index (χ2n) is 8.10. The van der Waals surface area contributed by atoms with Crippen molar-refractivity contribution in [3.8, 4) is 0 Å². The van der Waals surface area contributed by atoms with Crippen molar-refractivity contribution in [1.29, 1.82) is 0 Å². The van der Waals surface area contributed by atoms with E-state index in [-0.39, 0.29) is 22.1 Å². The van der Waals surface area contributed by atoms with Gasteiger partial charge in [-0.25, -0.2) is 8.42 Å². The summed E-state index contributed by atoms with van der Waals surface area (Å²) in [4.78, 5) is 17.8. The van der Waals surface area contributed by atoms with Crippen LogP contribution in [0.15, 0.2) is 64.5 Å². The lowest BCUT2D eigenvalue weighted by Gasteiger charge is -2.19. The van der Waals surface area contributed by atoms with Crippen molar-refractivity contribution in [2.45, 2.75) is 55.4 Å². The maximum atomic E-state index is 13.0. The maximum absolute atomic E-state index is 13.0. The number of unbranched alkanes of at least 4 members (excludes halogenated alkanes) is 1. The molecule has 0 bridgehead atoms. The van der Waals surface area contributed by atoms with Gasteiger partial charge in [0, 0.05) is 17.5 Å². The first-order valence-corrected chi connectivity index (χ1v) is 12.0. The van der Waals surface area contributed by atoms with E-state index in [1.807, 2.05) is 18.2 Å². The predicted octanol–water partition coefficient (Wildman–Crippen LogP) is 3.13. The molecule has 30 heavy (non-hydrogen) atoms. The molecule has 2 aromatic carbocycles. The number of rotatable bonds is 8. The molecule has 2 N–H and O–H groups in total. The van der Waals surface area contributed by atoms with Crippen LogP contribution in [0.5, 0.6) is 0 Å². The Labute approximate surface area is 177 Å². The van der Waals surface area contributed by atoms with Crippen molar-refractivity contribution in [3.63, 3.8) is 0 Å². The summed E-state index contributed by atoms with van der Waals surface area (Å²) in [6.07, 6.45) is 4.46. The highest BCUT2D eigenvalue weighted by Crippen LogP contribution is 2.47. The Morgan fingerprint density at radius 3 is 2.53 bits per heavy atom. The molecule has 1 unspecified atom stereocenters. The molecular formula is C23H27N3O3S. The van der Waals surface area contributed by atoms with E-state index in [0.29, 0.717) is 18.5 Å². The van der Waals surface area contributed by atoms with Crippen LogP contribution in [0.1, 0.15) is 50.2 Å². The molecule has 0 radical (unpaired) electrons. The number of aliphatic imine (C=N–C) groups is 1. The Kier molecular flexibility index (Phi) is 5.64. The lowest BCUT2D eigenvalue weighted by Crippen LogP contribution is -2.39. The van der Waals surface area contributed by atoms with Gasteiger partial charge in [-0.1, -0.05) is 62.2 Å². The van der Waals surface area contributed by atoms with Gasteiger partial charge < -0.3 is 5.32 Å². The first-order chi connectivity index (χ1) is 14.5. The summed E-state index contributed by atoms with van der Waals surface area (Å²) in [6.45, 7) is 2.63. The molecule has 1 aliphatic carbocycles. The normalized spacial score (nSPS) is 20.2. The standard InChI is InChI=1S/C23H27N3O3S/c1-2-3-12-19(25-21-18-11-7-8-13-20(18)30(28,29)26-21)22(27)24-16-23(14-15-23)17-9-5-4-6-10-17/h4-11,13,19H,2-3,12,14-16H2,1H3,(H,24,27)(H,25,26). The number of fused-ring (bicyclic) bond motifs is 1. The average molecular weight is 426 g/mol. The maximum Gasteiger partial charge on any atom is 0.263 e. The molecular weight excluding hydrogens is 398 g/mol. The SMILES string of the molecule is CCCCC(N=C1NS(=O)(=O)c2ccccc21)C(=O)NCC1(c2ccccc2)CC1. The highest BCUT2D eigenvalue weighted by Gasteiger charge is 2.44. The molecule has 1 amide bonds. The number of hydrogen-bond donors (Lipinski definition) is 2. The number of amidine groups is 1. The molecule has 1 atom stereocenters. The minimum Gasteiger partial charge on any atom is -0.353 e. The van der Waals surface area contributed by atoms with Crippen LogP contribution in [-0.4, -0.2) is 32.7 Å². The molecule has 2 aromatic rings. The molecule has 1 saturated carbocycles. The molecule has 158 valence electrons. The van der Waals surface area contributed by atoms with E-state index in [1.165, 1.54) is 5.56 Å². The van der Waals surface area contributed by atoms with Crippen molar-refractivity contribution in [2.75, 3.05) is 6.54 Å². The van der Waals surface area contributed by atoms with Crippen LogP contribution in [0, 0.1) is 0 Å². The van der Waals surface area contributed by atoms with Crippen molar-refractivity contribution in [1.82, 2.24) is 10.0 Å². The van der Waals surface area contributed by atoms with Gasteiger partial charge in [0.2, 0.25) is 5.91 Å². The molecule has 0 spiro atoms. The molecule has 2 aliphatic rings. The highest BCUT2D eigenvalue weighted by molar-refractivity contribution is 7.90. The highest BCUT2D eigenvalue weighted by atomic mass is 32.2. The van der Waals surface area contributed by atoms with Crippen molar-refractivity contribution in [3.05, 3.63) is 65.7 Å². The summed E-state index contributed by atoms with van der Waals surface area (Å²) in [6, 6.07) is 16.4. The first-order valence-electron chi connectivity index (χ1n) is 10.5. The fraction of sp³-hybridized carbons (Fsp3) is 0.391. The molecule has 1 aliphatic heterocycles. The van der Waals surface area contributed by atoms with Crippen LogP contribution in [0.2, 0.25) is 0 Å². The van der Waals surface area contributed by atoms with E-state index in [2.05, 4.69) is 34.1 Å². The zero-order chi connectivity index (χ0) is 21.2. The van der Waals surface area contributed by atoms with E-state index < -0.39 is 16.1 Å². The Bertz CT molecular complexity index is 1060. The van der Waals surface area contributed by atoms with E-state index >= 15 is 0 Å². The quantitative estimate of drug-likeness (QED) is 0.681. The average Bonchev–Trinajstić information content (AvgIpc) is 3.51. The minimum absolute atomic E-state index is 0.0148. The molecule has 7 heteroatoms. The van der Waals surface area contributed by atoms with Crippen molar-refractivity contribution < 1.29 is 13.2 Å². The van der Waals surface area contributed by atoms with E-state index in [1.54, 1.807) is 24.3 Å². The van der Waals surface area contributed by atoms with E-state index in [9.17, 15) is 13.2 Å². The summed E-state index contributed by atoms with van der Waals surface area (Å²) in [5, 5.41) is 3.09. The van der Waals surface area contributed by atoms with Gasteiger partial charge in [0.1, 0.15) is 11.9 Å². The van der Waals surface area contributed by atoms with Crippen molar-refractivity contribution >= 4 is 21.8 Å². The van der Waals surface area contributed by atoms with Gasteiger partial charge >= 0.3 is 0 Å². The molecule has 0 aromatic heterocycles. The van der Waals surface area contributed by atoms with Crippen LogP contribution in [-0.2, 0) is 20.2 Å². The summed E-state index contributed by atoms with van der Waals surface area (Å²) in [7, 11) is -3.62. The molecule has 6 nitrogen and oxygen atoms in total. The van der Waals surface area contributed by atoms with Crippen LogP contribution in [0.4, 0.5) is 0 Å². The number of amides is 1. The molecule has 0 saturated heterocycles. The largest absolute Gasteiger partial charge is 0.353 e. The zero-order valence-corrected chi connectivity index (χ0v) is 17.9. The zero-order valence-electron chi connectivity index (χ0n) is 17.1. The first kappa shape index (κ1) is 20.6. The number of sulfonamides is 1. The number of benzene rings is 2. The fourth-order valence-corrected chi connectivity index (χ4v) is 5.16. The topological polar surface area (TPSA) is 87.6 Å². The molecule has 1 fully saturated rings. The third-order valence-corrected chi connectivity index (χ3v) is 7.32. The lowest BCUT2D eigenvalue weighted by molar-refractivity contribution is -0.122. The number of hydrogen-bond acceptors (Lipinski definition) is 4. The molecule has 1 heterocycles. The Hall–Kier alpha value is -2.67. The van der Waals surface area contributed by atoms with Gasteiger partial charge in [-0.05, 0) is 37.0 Å². The van der Waals surface area contributed by atoms with Crippen molar-refractivity contribution in [2.24, 2.45) is 4.99 Å². The van der Waals surface area contributed by atoms with Gasteiger partial charge in [-0.15, -0.1) is 0 Å². The Balaban J connectivity index is 1.52. The predicted molar refractivity (Wildman–Crippen MR) is 117 cm³/mol. The van der Waals surface area contributed by atoms with Crippen LogP contribution in [0.3, 0.4) is 0 Å². The van der Waals surface area contributed by atoms with E-state index in [4.69, 9.17) is 0 Å². The summed E-state index contributed by atoms with van der Waals surface area (Å²) < 4.78 is 27.2. The van der Waals surface area contributed by atoms with Gasteiger partial charge in [0.25, 0.3) is 10.0 Å². The summed E-state index contributed by atoms with van der Waals surface area (Å²) >= 11 is 0. The third kappa shape index (κ3) is 4.12. The fourth-order valence-electron chi connectivity index (χ4n) is 3.92. The Morgan fingerprint density at radius 2 is 1.83 bits per heavy atom. The third-order valence-electron chi connectivity index (χ3n) is 5.92. The van der Waals surface area contributed by atoms with Crippen LogP contribution < -0.4 is 10.0 Å². The summed E-state index contributed by atoms with van der Waals surface area (Å²) in [5.41, 5.74) is 1.79. The number of carbonyl (C=O) groups excluding carboxylic acids is 1. The smallest absolute Gasteiger partial charge is 0.263 e. The van der Waals surface area contributed by atoms with Crippen LogP contribution >= 0.6 is 0 Å². The second-order valence-corrected chi connectivity index (χ2v) is 9.75.